The highest BCUT2D eigenvalue weighted by molar-refractivity contribution is 6.27. The molecule has 0 fully saturated rings. The molecular formula is C38H41N2O4+. The van der Waals surface area contributed by atoms with Crippen LogP contribution in [0.3, 0.4) is 0 Å². The number of aliphatic hydroxyl groups excluding tert-OH is 1. The summed E-state index contributed by atoms with van der Waals surface area (Å²) in [7, 11) is 0. The number of aromatic carboxylic acids is 1. The third kappa shape index (κ3) is 4.77. The van der Waals surface area contributed by atoms with Crippen molar-refractivity contribution in [3.63, 3.8) is 0 Å². The molecule has 4 aromatic rings. The number of hydrogen-bond donors (Lipinski definition) is 2. The van der Waals surface area contributed by atoms with Crippen molar-refractivity contribution >= 4 is 50.9 Å². The molecule has 0 saturated heterocycles. The minimum atomic E-state index is -0.962. The molecule has 0 bridgehead atoms. The fourth-order valence-electron chi connectivity index (χ4n) is 7.07. The summed E-state index contributed by atoms with van der Waals surface area (Å²) in [5.74, 6) is -1.14. The van der Waals surface area contributed by atoms with Crippen LogP contribution in [0.15, 0.2) is 77.6 Å². The molecule has 226 valence electrons. The summed E-state index contributed by atoms with van der Waals surface area (Å²) in [5, 5.41) is 25.3. The number of allylic oxidation sites excluding steroid dienone is 3. The number of carboxylic acids is 1. The van der Waals surface area contributed by atoms with Crippen molar-refractivity contribution in [2.75, 3.05) is 6.54 Å². The van der Waals surface area contributed by atoms with Crippen LogP contribution < -0.4 is 5.35 Å². The number of fused-ring (bicyclic) bond motifs is 1. The highest BCUT2D eigenvalue weighted by atomic mass is 16.4. The number of carbonyl (C=O) groups excluding carboxylic acids is 1. The van der Waals surface area contributed by atoms with E-state index in [1.807, 2.05) is 30.4 Å². The van der Waals surface area contributed by atoms with E-state index in [1.54, 1.807) is 12.1 Å². The van der Waals surface area contributed by atoms with E-state index in [1.165, 1.54) is 25.7 Å². The Morgan fingerprint density at radius 1 is 0.955 bits per heavy atom. The lowest BCUT2D eigenvalue weighted by Gasteiger charge is -2.21. The molecule has 6 heteroatoms. The Morgan fingerprint density at radius 2 is 1.68 bits per heavy atom. The monoisotopic (exact) mass is 589 g/mol. The lowest BCUT2D eigenvalue weighted by Crippen LogP contribution is -2.31. The number of hydrogen-bond acceptors (Lipinski definition) is 3. The van der Waals surface area contributed by atoms with Gasteiger partial charge in [-0.05, 0) is 56.9 Å². The van der Waals surface area contributed by atoms with Crippen molar-refractivity contribution in [1.82, 2.24) is 4.57 Å². The molecule has 1 aromatic heterocycles. The molecule has 2 aliphatic rings. The first-order valence-electron chi connectivity index (χ1n) is 15.9. The maximum atomic E-state index is 13.7. The number of aromatic nitrogens is 1. The van der Waals surface area contributed by atoms with Crippen LogP contribution in [0.25, 0.3) is 27.8 Å². The third-order valence-electron chi connectivity index (χ3n) is 9.49. The Labute approximate surface area is 258 Å². The Kier molecular flexibility index (Phi) is 7.79. The van der Waals surface area contributed by atoms with E-state index in [9.17, 15) is 19.8 Å². The molecule has 0 spiro atoms. The van der Waals surface area contributed by atoms with Gasteiger partial charge in [0, 0.05) is 52.3 Å². The smallest absolute Gasteiger partial charge is 0.335 e. The quantitative estimate of drug-likeness (QED) is 0.106. The Hall–Kier alpha value is -4.45. The summed E-state index contributed by atoms with van der Waals surface area (Å²) in [6.07, 6.45) is 10.6. The van der Waals surface area contributed by atoms with Crippen LogP contribution in [-0.2, 0) is 16.8 Å². The second-order valence-electron chi connectivity index (χ2n) is 12.6. The van der Waals surface area contributed by atoms with Crippen molar-refractivity contribution in [3.05, 3.63) is 94.1 Å². The zero-order valence-corrected chi connectivity index (χ0v) is 26.1. The average molecular weight is 590 g/mol. The van der Waals surface area contributed by atoms with Crippen molar-refractivity contribution in [2.24, 2.45) is 0 Å². The molecule has 0 amide bonds. The zero-order chi connectivity index (χ0) is 31.2. The molecule has 2 N–H and O–H groups in total. The largest absolute Gasteiger partial charge is 0.506 e. The van der Waals surface area contributed by atoms with Gasteiger partial charge < -0.3 is 14.8 Å². The summed E-state index contributed by atoms with van der Waals surface area (Å²) in [5.41, 5.74) is 4.22. The topological polar surface area (TPSA) is 82.5 Å². The first-order valence-corrected chi connectivity index (χ1v) is 15.9. The summed E-state index contributed by atoms with van der Waals surface area (Å²) in [6.45, 7) is 9.92. The lowest BCUT2D eigenvalue weighted by molar-refractivity contribution is -0.438. The maximum Gasteiger partial charge on any atom is 0.335 e. The number of aliphatic hydroxyl groups is 1. The standard InChI is InChI=1S/C38H40N2O4/c1-5-7-8-9-10-11-20-40-30-19-18-25(37(43)44)21-29(30)38(3,4)33(40)23-28-35(41)27(36(28)42)22-32-26-16-12-14-24-15-13-17-31(34(24)26)39(32)6-2/h12-19,21-23H,5-11,20H2,1-4H3,(H-,41,42,43,44)/p+1. The predicted molar refractivity (Wildman–Crippen MR) is 177 cm³/mol. The molecule has 0 radical (unpaired) electrons. The molecule has 1 aliphatic carbocycles. The number of ketones is 1. The number of unbranched alkanes of at least 4 members (excludes halogenated alkanes) is 5. The van der Waals surface area contributed by atoms with Gasteiger partial charge in [0.25, 0.3) is 0 Å². The lowest BCUT2D eigenvalue weighted by atomic mass is 9.78. The van der Waals surface area contributed by atoms with E-state index >= 15 is 0 Å². The van der Waals surface area contributed by atoms with E-state index in [0.717, 1.165) is 69.9 Å². The SMILES string of the molecule is CCCCCCCC[N+]1=C(/C=C2\C(=O)C(/C=c3/c4cccc5cccc(c54)n3CC)=C2O)C(C)(C)c2cc(C(=O)O)ccc21. The van der Waals surface area contributed by atoms with Crippen LogP contribution in [-0.4, -0.2) is 43.4 Å². The molecule has 6 rings (SSSR count). The number of benzene rings is 3. The van der Waals surface area contributed by atoms with Crippen molar-refractivity contribution in [2.45, 2.75) is 78.2 Å². The molecular weight excluding hydrogens is 548 g/mol. The zero-order valence-electron chi connectivity index (χ0n) is 26.1. The summed E-state index contributed by atoms with van der Waals surface area (Å²) in [4.78, 5) is 25.5. The van der Waals surface area contributed by atoms with Crippen LogP contribution in [0.5, 0.6) is 0 Å². The van der Waals surface area contributed by atoms with E-state index in [2.05, 4.69) is 61.1 Å². The first-order chi connectivity index (χ1) is 21.2. The van der Waals surface area contributed by atoms with Crippen LogP contribution in [0.1, 0.15) is 82.1 Å². The molecule has 6 nitrogen and oxygen atoms in total. The molecule has 2 heterocycles. The second kappa shape index (κ2) is 11.6. The Morgan fingerprint density at radius 3 is 2.39 bits per heavy atom. The molecule has 3 aromatic carbocycles. The number of carboxylic acid groups (broad SMARTS) is 1. The van der Waals surface area contributed by atoms with Gasteiger partial charge >= 0.3 is 5.97 Å². The van der Waals surface area contributed by atoms with E-state index in [4.69, 9.17) is 0 Å². The Bertz CT molecular complexity index is 1960. The van der Waals surface area contributed by atoms with E-state index in [-0.39, 0.29) is 17.1 Å². The van der Waals surface area contributed by atoms with Gasteiger partial charge in [0.15, 0.2) is 5.71 Å². The van der Waals surface area contributed by atoms with Crippen LogP contribution in [0, 0.1) is 0 Å². The van der Waals surface area contributed by atoms with Gasteiger partial charge in [0.05, 0.1) is 22.1 Å². The van der Waals surface area contributed by atoms with Crippen LogP contribution >= 0.6 is 0 Å². The van der Waals surface area contributed by atoms with Crippen LogP contribution in [0.4, 0.5) is 5.69 Å². The number of nitrogens with zero attached hydrogens (tertiary/aromatic N) is 2. The normalized spacial score (nSPS) is 17.4. The molecule has 1 aliphatic heterocycles. The van der Waals surface area contributed by atoms with Crippen molar-refractivity contribution in [1.29, 1.82) is 0 Å². The van der Waals surface area contributed by atoms with E-state index < -0.39 is 11.4 Å². The summed E-state index contributed by atoms with van der Waals surface area (Å²) in [6, 6.07) is 17.7. The average Bonchev–Trinajstić information content (AvgIpc) is 3.44. The van der Waals surface area contributed by atoms with E-state index in [0.29, 0.717) is 11.1 Å². The third-order valence-corrected chi connectivity index (χ3v) is 9.49. The molecule has 44 heavy (non-hydrogen) atoms. The number of Topliss-reactive ketones (excluding diaryl/α,β-unsaturated/α-hetero) is 1. The molecule has 0 unspecified atom stereocenters. The van der Waals surface area contributed by atoms with Gasteiger partial charge in [0.1, 0.15) is 12.3 Å². The fraction of sp³-hybridized carbons (Fsp3) is 0.342. The Balaban J connectivity index is 1.42. The maximum absolute atomic E-state index is 13.7. The minimum absolute atomic E-state index is 0.00619. The van der Waals surface area contributed by atoms with Gasteiger partial charge in [-0.2, -0.15) is 4.58 Å². The van der Waals surface area contributed by atoms with Gasteiger partial charge in [0.2, 0.25) is 11.5 Å². The van der Waals surface area contributed by atoms with Crippen LogP contribution in [0.2, 0.25) is 0 Å². The van der Waals surface area contributed by atoms with Gasteiger partial charge in [-0.25, -0.2) is 4.79 Å². The number of carbonyl (C=O) groups is 2. The van der Waals surface area contributed by atoms with Gasteiger partial charge in [-0.3, -0.25) is 4.79 Å². The molecule has 0 atom stereocenters. The summed E-state index contributed by atoms with van der Waals surface area (Å²) < 4.78 is 4.42. The molecule has 0 saturated carbocycles. The van der Waals surface area contributed by atoms with Crippen molar-refractivity contribution < 1.29 is 24.4 Å². The number of aryl methyl sites for hydroxylation is 1. The highest BCUT2D eigenvalue weighted by Gasteiger charge is 2.46. The van der Waals surface area contributed by atoms with Gasteiger partial charge in [-0.1, -0.05) is 62.9 Å². The summed E-state index contributed by atoms with van der Waals surface area (Å²) >= 11 is 0. The first kappa shape index (κ1) is 29.6. The minimum Gasteiger partial charge on any atom is -0.506 e. The second-order valence-corrected chi connectivity index (χ2v) is 12.6. The highest BCUT2D eigenvalue weighted by Crippen LogP contribution is 2.42. The number of rotatable bonds is 11. The fourth-order valence-corrected chi connectivity index (χ4v) is 7.07. The predicted octanol–water partition coefficient (Wildman–Crippen LogP) is 7.77. The van der Waals surface area contributed by atoms with Gasteiger partial charge in [-0.15, -0.1) is 0 Å². The van der Waals surface area contributed by atoms with Crippen molar-refractivity contribution in [3.8, 4) is 0 Å².